The van der Waals surface area contributed by atoms with Crippen molar-refractivity contribution in [1.82, 2.24) is 4.90 Å². The average Bonchev–Trinajstić information content (AvgIpc) is 2.33. The molecule has 0 aromatic heterocycles. The van der Waals surface area contributed by atoms with Gasteiger partial charge in [0.15, 0.2) is 5.78 Å². The van der Waals surface area contributed by atoms with E-state index < -0.39 is 5.54 Å². The summed E-state index contributed by atoms with van der Waals surface area (Å²) >= 11 is 0. The Labute approximate surface area is 97.3 Å². The number of nitrogens with zero attached hydrogens (tertiary/aromatic N) is 1. The highest BCUT2D eigenvalue weighted by atomic mass is 16.1. The van der Waals surface area contributed by atoms with E-state index in [1.807, 2.05) is 51.2 Å². The zero-order chi connectivity index (χ0) is 11.8. The number of hydrogen-bond acceptors (Lipinski definition) is 2. The van der Waals surface area contributed by atoms with E-state index in [1.54, 1.807) is 0 Å². The van der Waals surface area contributed by atoms with Crippen LogP contribution in [-0.4, -0.2) is 24.3 Å². The molecule has 0 amide bonds. The van der Waals surface area contributed by atoms with Crippen LogP contribution >= 0.6 is 0 Å². The summed E-state index contributed by atoms with van der Waals surface area (Å²) in [6.45, 7) is 5.06. The molecule has 86 valence electrons. The van der Waals surface area contributed by atoms with E-state index in [4.69, 9.17) is 0 Å². The lowest BCUT2D eigenvalue weighted by molar-refractivity contribution is -0.138. The van der Waals surface area contributed by atoms with Crippen LogP contribution in [-0.2, 0) is 10.3 Å². The van der Waals surface area contributed by atoms with Crippen molar-refractivity contribution in [1.29, 1.82) is 0 Å². The van der Waals surface area contributed by atoms with Crippen LogP contribution in [0.2, 0.25) is 0 Å². The molecule has 0 N–H and O–H groups in total. The van der Waals surface area contributed by atoms with Gasteiger partial charge in [0.25, 0.3) is 0 Å². The summed E-state index contributed by atoms with van der Waals surface area (Å²) in [7, 11) is 2.04. The van der Waals surface area contributed by atoms with Gasteiger partial charge < -0.3 is 0 Å². The molecule has 2 nitrogen and oxygen atoms in total. The summed E-state index contributed by atoms with van der Waals surface area (Å²) in [6, 6.07) is 10.1. The van der Waals surface area contributed by atoms with E-state index in [0.29, 0.717) is 5.78 Å². The number of carbonyl (C=O) groups excluding carboxylic acids is 1. The first kappa shape index (κ1) is 11.3. The Bertz CT molecular complexity index is 387. The number of piperidine rings is 1. The minimum atomic E-state index is -0.446. The first-order valence-electron chi connectivity index (χ1n) is 5.88. The summed E-state index contributed by atoms with van der Waals surface area (Å²) in [5.74, 6) is 0.508. The van der Waals surface area contributed by atoms with Crippen LogP contribution in [0.15, 0.2) is 30.3 Å². The number of likely N-dealkylation sites (tertiary alicyclic amines) is 1. The van der Waals surface area contributed by atoms with Crippen LogP contribution in [0, 0.1) is 5.92 Å². The van der Waals surface area contributed by atoms with Crippen molar-refractivity contribution in [2.45, 2.75) is 25.8 Å². The summed E-state index contributed by atoms with van der Waals surface area (Å²) in [5.41, 5.74) is 0.660. The van der Waals surface area contributed by atoms with E-state index in [1.165, 1.54) is 0 Å². The Morgan fingerprint density at radius 3 is 2.56 bits per heavy atom. The smallest absolute Gasteiger partial charge is 0.160 e. The molecule has 0 spiro atoms. The third kappa shape index (κ3) is 1.57. The topological polar surface area (TPSA) is 20.3 Å². The largest absolute Gasteiger partial charge is 0.297 e. The maximum Gasteiger partial charge on any atom is 0.160 e. The fourth-order valence-corrected chi connectivity index (χ4v) is 2.54. The summed E-state index contributed by atoms with van der Waals surface area (Å²) in [4.78, 5) is 14.6. The Morgan fingerprint density at radius 1 is 1.31 bits per heavy atom. The molecule has 1 aromatic carbocycles. The molecule has 2 heteroatoms. The summed E-state index contributed by atoms with van der Waals surface area (Å²) in [6.07, 6.45) is 0.970. The van der Waals surface area contributed by atoms with Crippen molar-refractivity contribution in [3.8, 4) is 0 Å². The molecule has 1 aliphatic rings. The molecule has 1 saturated heterocycles. The molecule has 2 atom stereocenters. The predicted molar refractivity (Wildman–Crippen MR) is 65.2 cm³/mol. The Balaban J connectivity index is 2.45. The SMILES string of the molecule is CC1CCN(C)C(C)(c2ccccc2)C1=O. The number of carbonyl (C=O) groups is 1. The molecule has 1 aromatic rings. The molecule has 1 aliphatic heterocycles. The highest BCUT2D eigenvalue weighted by molar-refractivity contribution is 5.91. The van der Waals surface area contributed by atoms with E-state index >= 15 is 0 Å². The molecule has 0 aliphatic carbocycles. The van der Waals surface area contributed by atoms with Gasteiger partial charge in [-0.05, 0) is 32.5 Å². The van der Waals surface area contributed by atoms with Gasteiger partial charge in [0.2, 0.25) is 0 Å². The minimum absolute atomic E-state index is 0.168. The fourth-order valence-electron chi connectivity index (χ4n) is 2.54. The molecule has 0 radical (unpaired) electrons. The lowest BCUT2D eigenvalue weighted by Crippen LogP contribution is -2.54. The normalized spacial score (nSPS) is 31.7. The number of rotatable bonds is 1. The standard InChI is InChI=1S/C14H19NO/c1-11-9-10-15(3)14(2,13(11)16)12-7-5-4-6-8-12/h4-8,11H,9-10H2,1-3H3. The second kappa shape index (κ2) is 4.02. The van der Waals surface area contributed by atoms with Crippen molar-refractivity contribution in [3.63, 3.8) is 0 Å². The first-order chi connectivity index (χ1) is 7.56. The average molecular weight is 217 g/mol. The molecule has 1 heterocycles. The van der Waals surface area contributed by atoms with Crippen molar-refractivity contribution in [2.75, 3.05) is 13.6 Å². The van der Waals surface area contributed by atoms with Crippen molar-refractivity contribution in [3.05, 3.63) is 35.9 Å². The van der Waals surface area contributed by atoms with Gasteiger partial charge in [-0.1, -0.05) is 37.3 Å². The van der Waals surface area contributed by atoms with Gasteiger partial charge in [0.1, 0.15) is 5.54 Å². The zero-order valence-electron chi connectivity index (χ0n) is 10.2. The molecule has 1 fully saturated rings. The van der Waals surface area contributed by atoms with Crippen LogP contribution in [0.5, 0.6) is 0 Å². The summed E-state index contributed by atoms with van der Waals surface area (Å²) < 4.78 is 0. The third-order valence-electron chi connectivity index (χ3n) is 3.92. The molecule has 16 heavy (non-hydrogen) atoms. The summed E-state index contributed by atoms with van der Waals surface area (Å²) in [5, 5.41) is 0. The Morgan fingerprint density at radius 2 is 1.94 bits per heavy atom. The van der Waals surface area contributed by atoms with Crippen LogP contribution in [0.3, 0.4) is 0 Å². The van der Waals surface area contributed by atoms with Crippen LogP contribution in [0.25, 0.3) is 0 Å². The van der Waals surface area contributed by atoms with Crippen molar-refractivity contribution >= 4 is 5.78 Å². The minimum Gasteiger partial charge on any atom is -0.297 e. The quantitative estimate of drug-likeness (QED) is 0.720. The van der Waals surface area contributed by atoms with Crippen LogP contribution in [0.4, 0.5) is 0 Å². The zero-order valence-corrected chi connectivity index (χ0v) is 10.2. The second-order valence-corrected chi connectivity index (χ2v) is 4.91. The second-order valence-electron chi connectivity index (χ2n) is 4.91. The van der Waals surface area contributed by atoms with Gasteiger partial charge in [-0.15, -0.1) is 0 Å². The molecule has 2 rings (SSSR count). The molecular weight excluding hydrogens is 198 g/mol. The van der Waals surface area contributed by atoms with E-state index in [0.717, 1.165) is 18.5 Å². The molecular formula is C14H19NO. The van der Waals surface area contributed by atoms with Crippen LogP contribution < -0.4 is 0 Å². The lowest BCUT2D eigenvalue weighted by Gasteiger charge is -2.44. The molecule has 0 bridgehead atoms. The van der Waals surface area contributed by atoms with Gasteiger partial charge in [-0.3, -0.25) is 9.69 Å². The van der Waals surface area contributed by atoms with E-state index in [-0.39, 0.29) is 5.92 Å². The lowest BCUT2D eigenvalue weighted by atomic mass is 9.77. The van der Waals surface area contributed by atoms with Crippen LogP contribution in [0.1, 0.15) is 25.8 Å². The van der Waals surface area contributed by atoms with Gasteiger partial charge in [-0.25, -0.2) is 0 Å². The fraction of sp³-hybridized carbons (Fsp3) is 0.500. The third-order valence-corrected chi connectivity index (χ3v) is 3.92. The molecule has 0 saturated carbocycles. The van der Waals surface area contributed by atoms with Gasteiger partial charge in [-0.2, -0.15) is 0 Å². The Kier molecular flexibility index (Phi) is 2.85. The van der Waals surface area contributed by atoms with Crippen molar-refractivity contribution in [2.24, 2.45) is 5.92 Å². The number of likely N-dealkylation sites (N-methyl/N-ethyl adjacent to an activating group) is 1. The highest BCUT2D eigenvalue weighted by Gasteiger charge is 2.44. The van der Waals surface area contributed by atoms with E-state index in [9.17, 15) is 4.79 Å². The number of ketones is 1. The number of hydrogen-bond donors (Lipinski definition) is 0. The van der Waals surface area contributed by atoms with E-state index in [2.05, 4.69) is 4.90 Å². The maximum absolute atomic E-state index is 12.4. The van der Waals surface area contributed by atoms with Crippen molar-refractivity contribution < 1.29 is 4.79 Å². The van der Waals surface area contributed by atoms with Gasteiger partial charge >= 0.3 is 0 Å². The molecule has 2 unspecified atom stereocenters. The first-order valence-corrected chi connectivity index (χ1v) is 5.88. The van der Waals surface area contributed by atoms with Gasteiger partial charge in [0.05, 0.1) is 0 Å². The maximum atomic E-state index is 12.4. The number of Topliss-reactive ketones (excluding diaryl/α,β-unsaturated/α-hetero) is 1. The monoisotopic (exact) mass is 217 g/mol. The van der Waals surface area contributed by atoms with Gasteiger partial charge in [0, 0.05) is 5.92 Å². The highest BCUT2D eigenvalue weighted by Crippen LogP contribution is 2.35. The number of benzene rings is 1. The predicted octanol–water partition coefficient (Wildman–Crippen LogP) is 2.44. The Hall–Kier alpha value is -1.15.